The second-order valence-electron chi connectivity index (χ2n) is 6.61. The molecule has 1 N–H and O–H groups in total. The van der Waals surface area contributed by atoms with Crippen LogP contribution in [-0.2, 0) is 18.3 Å². The third-order valence-corrected chi connectivity index (χ3v) is 4.78. The van der Waals surface area contributed by atoms with Gasteiger partial charge in [-0.15, -0.1) is 5.10 Å². The molecule has 0 aliphatic heterocycles. The fourth-order valence-corrected chi connectivity index (χ4v) is 3.16. The van der Waals surface area contributed by atoms with Crippen LogP contribution in [0.2, 0.25) is 0 Å². The van der Waals surface area contributed by atoms with Crippen LogP contribution in [0, 0.1) is 13.8 Å². The minimum absolute atomic E-state index is 0.105. The monoisotopic (exact) mass is 339 g/mol. The topological polar surface area (TPSA) is 90.0 Å². The zero-order valence-electron chi connectivity index (χ0n) is 14.7. The summed E-state index contributed by atoms with van der Waals surface area (Å²) in [6.45, 7) is 3.98. The minimum atomic E-state index is -0.105. The van der Waals surface area contributed by atoms with Crippen LogP contribution in [-0.4, -0.2) is 35.3 Å². The van der Waals surface area contributed by atoms with Gasteiger partial charge in [0.1, 0.15) is 0 Å². The van der Waals surface area contributed by atoms with Gasteiger partial charge in [0.15, 0.2) is 0 Å². The van der Waals surface area contributed by atoms with Crippen LogP contribution in [0.3, 0.4) is 0 Å². The van der Waals surface area contributed by atoms with Gasteiger partial charge in [-0.25, -0.2) is 4.98 Å². The number of anilines is 1. The van der Waals surface area contributed by atoms with E-state index in [2.05, 4.69) is 25.5 Å². The number of carbonyl (C=O) groups excluding carboxylic acids is 1. The van der Waals surface area contributed by atoms with Gasteiger partial charge in [-0.05, 0) is 44.7 Å². The Labute approximate surface area is 145 Å². The Hall–Kier alpha value is -2.77. The highest BCUT2D eigenvalue weighted by atomic mass is 16.1. The van der Waals surface area contributed by atoms with E-state index in [1.165, 1.54) is 12.8 Å². The molecule has 3 aromatic rings. The van der Waals surface area contributed by atoms with E-state index in [9.17, 15) is 4.79 Å². The predicted octanol–water partition coefficient (Wildman–Crippen LogP) is 1.92. The number of hydrogen-bond acceptors (Lipinski definition) is 5. The molecule has 3 aromatic heterocycles. The molecule has 1 amide bonds. The van der Waals surface area contributed by atoms with Crippen molar-refractivity contribution in [1.82, 2.24) is 29.4 Å². The summed E-state index contributed by atoms with van der Waals surface area (Å²) in [6.07, 6.45) is 5.11. The molecule has 1 aliphatic rings. The molecule has 0 radical (unpaired) electrons. The number of nitrogens with one attached hydrogen (secondary N) is 1. The van der Waals surface area contributed by atoms with E-state index in [1.807, 2.05) is 31.6 Å². The molecule has 0 unspecified atom stereocenters. The fraction of sp³-hybridized carbons (Fsp3) is 0.471. The quantitative estimate of drug-likeness (QED) is 0.767. The number of rotatable bonds is 5. The highest BCUT2D eigenvalue weighted by Crippen LogP contribution is 2.39. The number of fused-ring (bicyclic) bond motifs is 1. The van der Waals surface area contributed by atoms with Crippen molar-refractivity contribution >= 4 is 17.6 Å². The third kappa shape index (κ3) is 2.99. The summed E-state index contributed by atoms with van der Waals surface area (Å²) < 4.78 is 3.58. The van der Waals surface area contributed by atoms with Gasteiger partial charge in [0.2, 0.25) is 5.91 Å². The molecule has 1 saturated carbocycles. The maximum atomic E-state index is 12.3. The first-order valence-corrected chi connectivity index (χ1v) is 8.53. The van der Waals surface area contributed by atoms with Gasteiger partial charge in [-0.1, -0.05) is 0 Å². The molecule has 0 aromatic carbocycles. The standard InChI is InChI=1S/C17H21N7O/c1-10-13(11(2)23(3)21-10)6-7-15(25)19-16-20-17-18-9-8-14(12-4-5-12)24(17)22-16/h8-9,12H,4-7H2,1-3H3,(H,19,22,25). The van der Waals surface area contributed by atoms with Crippen molar-refractivity contribution in [3.05, 3.63) is 34.9 Å². The van der Waals surface area contributed by atoms with Gasteiger partial charge >= 0.3 is 0 Å². The molecular formula is C17H21N7O. The summed E-state index contributed by atoms with van der Waals surface area (Å²) in [5.74, 6) is 1.27. The summed E-state index contributed by atoms with van der Waals surface area (Å²) in [4.78, 5) is 20.8. The summed E-state index contributed by atoms with van der Waals surface area (Å²) in [5, 5.41) is 11.6. The summed E-state index contributed by atoms with van der Waals surface area (Å²) in [5.41, 5.74) is 4.30. The Morgan fingerprint density at radius 3 is 2.80 bits per heavy atom. The van der Waals surface area contributed by atoms with Crippen molar-refractivity contribution in [1.29, 1.82) is 0 Å². The second-order valence-corrected chi connectivity index (χ2v) is 6.61. The van der Waals surface area contributed by atoms with Crippen LogP contribution in [0.15, 0.2) is 12.3 Å². The van der Waals surface area contributed by atoms with Gasteiger partial charge in [-0.2, -0.15) is 14.6 Å². The fourth-order valence-electron chi connectivity index (χ4n) is 3.16. The average molecular weight is 339 g/mol. The van der Waals surface area contributed by atoms with Crippen LogP contribution in [0.4, 0.5) is 5.95 Å². The van der Waals surface area contributed by atoms with Gasteiger partial charge in [0, 0.05) is 31.3 Å². The molecule has 0 spiro atoms. The number of aryl methyl sites for hydroxylation is 2. The van der Waals surface area contributed by atoms with Crippen molar-refractivity contribution in [2.24, 2.45) is 7.05 Å². The molecule has 8 heteroatoms. The van der Waals surface area contributed by atoms with E-state index in [1.54, 1.807) is 10.7 Å². The molecule has 0 atom stereocenters. The Morgan fingerprint density at radius 2 is 2.12 bits per heavy atom. The molecule has 1 aliphatic carbocycles. The molecule has 8 nitrogen and oxygen atoms in total. The van der Waals surface area contributed by atoms with Crippen molar-refractivity contribution in [2.45, 2.75) is 45.4 Å². The lowest BCUT2D eigenvalue weighted by molar-refractivity contribution is -0.116. The smallest absolute Gasteiger partial charge is 0.254 e. The van der Waals surface area contributed by atoms with Gasteiger partial charge < -0.3 is 0 Å². The summed E-state index contributed by atoms with van der Waals surface area (Å²) in [6, 6.07) is 1.97. The number of nitrogens with zero attached hydrogens (tertiary/aromatic N) is 6. The van der Waals surface area contributed by atoms with Crippen LogP contribution >= 0.6 is 0 Å². The molecule has 130 valence electrons. The van der Waals surface area contributed by atoms with Crippen molar-refractivity contribution in [2.75, 3.05) is 5.32 Å². The molecule has 3 heterocycles. The van der Waals surface area contributed by atoms with E-state index in [0.29, 0.717) is 30.5 Å². The zero-order chi connectivity index (χ0) is 17.6. The highest BCUT2D eigenvalue weighted by Gasteiger charge is 2.27. The Kier molecular flexibility index (Phi) is 3.74. The first-order chi connectivity index (χ1) is 12.0. The number of hydrogen-bond donors (Lipinski definition) is 1. The largest absolute Gasteiger partial charge is 0.293 e. The second kappa shape index (κ2) is 5.94. The maximum Gasteiger partial charge on any atom is 0.254 e. The average Bonchev–Trinajstić information content (AvgIpc) is 3.28. The number of amides is 1. The van der Waals surface area contributed by atoms with Crippen molar-refractivity contribution < 1.29 is 4.79 Å². The van der Waals surface area contributed by atoms with Crippen molar-refractivity contribution in [3.63, 3.8) is 0 Å². The molecule has 25 heavy (non-hydrogen) atoms. The first-order valence-electron chi connectivity index (χ1n) is 8.53. The Balaban J connectivity index is 1.46. The minimum Gasteiger partial charge on any atom is -0.293 e. The van der Waals surface area contributed by atoms with Crippen molar-refractivity contribution in [3.8, 4) is 0 Å². The van der Waals surface area contributed by atoms with E-state index in [0.717, 1.165) is 22.6 Å². The lowest BCUT2D eigenvalue weighted by Crippen LogP contribution is -2.14. The van der Waals surface area contributed by atoms with Gasteiger partial charge in [0.05, 0.1) is 11.4 Å². The van der Waals surface area contributed by atoms with Crippen LogP contribution in [0.25, 0.3) is 5.78 Å². The zero-order valence-corrected chi connectivity index (χ0v) is 14.7. The van der Waals surface area contributed by atoms with Gasteiger partial charge in [0.25, 0.3) is 11.7 Å². The van der Waals surface area contributed by atoms with E-state index >= 15 is 0 Å². The lowest BCUT2D eigenvalue weighted by Gasteiger charge is -2.02. The molecule has 0 saturated heterocycles. The molecule has 1 fully saturated rings. The van der Waals surface area contributed by atoms with E-state index in [-0.39, 0.29) is 5.91 Å². The van der Waals surface area contributed by atoms with Crippen LogP contribution in [0.1, 0.15) is 47.8 Å². The predicted molar refractivity (Wildman–Crippen MR) is 92.4 cm³/mol. The SMILES string of the molecule is Cc1nn(C)c(C)c1CCC(=O)Nc1nc2nccc(C3CC3)n2n1. The Bertz CT molecular complexity index is 951. The molecular weight excluding hydrogens is 318 g/mol. The Morgan fingerprint density at radius 1 is 1.32 bits per heavy atom. The van der Waals surface area contributed by atoms with Crippen LogP contribution < -0.4 is 5.32 Å². The summed E-state index contributed by atoms with van der Waals surface area (Å²) in [7, 11) is 1.91. The number of carbonyl (C=O) groups is 1. The van der Waals surface area contributed by atoms with E-state index < -0.39 is 0 Å². The number of aromatic nitrogens is 6. The van der Waals surface area contributed by atoms with Gasteiger partial charge in [-0.3, -0.25) is 14.8 Å². The molecule has 4 rings (SSSR count). The molecule has 0 bridgehead atoms. The third-order valence-electron chi connectivity index (χ3n) is 4.78. The first kappa shape index (κ1) is 15.7. The highest BCUT2D eigenvalue weighted by molar-refractivity contribution is 5.89. The lowest BCUT2D eigenvalue weighted by atomic mass is 10.1. The maximum absolute atomic E-state index is 12.3. The normalized spacial score (nSPS) is 14.2. The summed E-state index contributed by atoms with van der Waals surface area (Å²) >= 11 is 0. The van der Waals surface area contributed by atoms with Crippen LogP contribution in [0.5, 0.6) is 0 Å². The van der Waals surface area contributed by atoms with E-state index in [4.69, 9.17) is 0 Å².